The molecule has 0 aliphatic heterocycles. The Bertz CT molecular complexity index is 873. The lowest BCUT2D eigenvalue weighted by Crippen LogP contribution is -2.43. The molecule has 0 bridgehead atoms. The highest BCUT2D eigenvalue weighted by Crippen LogP contribution is 2.32. The average molecular weight is 402 g/mol. The van der Waals surface area contributed by atoms with E-state index in [2.05, 4.69) is 77.4 Å². The number of hydrogen-bond donors (Lipinski definition) is 3. The van der Waals surface area contributed by atoms with Crippen molar-refractivity contribution < 1.29 is 0 Å². The van der Waals surface area contributed by atoms with Gasteiger partial charge in [-0.15, -0.1) is 0 Å². The lowest BCUT2D eigenvalue weighted by atomic mass is 9.80. The molecule has 0 heterocycles. The fraction of sp³-hybridized carbons (Fsp3) is 0.407. The molecule has 3 heteroatoms. The summed E-state index contributed by atoms with van der Waals surface area (Å²) < 4.78 is 0. The molecule has 0 amide bonds. The van der Waals surface area contributed by atoms with Crippen molar-refractivity contribution in [3.05, 3.63) is 89.2 Å². The van der Waals surface area contributed by atoms with Crippen molar-refractivity contribution in [3.8, 4) is 0 Å². The summed E-state index contributed by atoms with van der Waals surface area (Å²) in [4.78, 5) is 0. The fourth-order valence-electron chi connectivity index (χ4n) is 4.88. The minimum absolute atomic E-state index is 0.322. The van der Waals surface area contributed by atoms with Crippen molar-refractivity contribution in [2.24, 2.45) is 11.7 Å². The molecular weight excluding hydrogens is 366 g/mol. The van der Waals surface area contributed by atoms with E-state index in [1.165, 1.54) is 28.0 Å². The SMILES string of the molecule is CNC1=CC=CCC1C(NCC1=CC=C(c2ccccc2)CC1)C1=CCC(N)CC1. The van der Waals surface area contributed by atoms with Crippen LogP contribution in [0.25, 0.3) is 5.57 Å². The van der Waals surface area contributed by atoms with Crippen molar-refractivity contribution in [1.29, 1.82) is 0 Å². The van der Waals surface area contributed by atoms with E-state index < -0.39 is 0 Å². The molecular formula is C27H35N3. The number of hydrogen-bond acceptors (Lipinski definition) is 3. The number of nitrogens with two attached hydrogens (primary N) is 1. The third-order valence-electron chi connectivity index (χ3n) is 6.71. The van der Waals surface area contributed by atoms with Crippen molar-refractivity contribution in [2.75, 3.05) is 13.6 Å². The van der Waals surface area contributed by atoms with Crippen LogP contribution < -0.4 is 16.4 Å². The third kappa shape index (κ3) is 5.03. The highest BCUT2D eigenvalue weighted by atomic mass is 15.0. The van der Waals surface area contributed by atoms with Gasteiger partial charge in [0.05, 0.1) is 0 Å². The monoisotopic (exact) mass is 401 g/mol. The van der Waals surface area contributed by atoms with Crippen LogP contribution in [0.3, 0.4) is 0 Å². The zero-order valence-corrected chi connectivity index (χ0v) is 18.1. The number of allylic oxidation sites excluding steroid dienone is 6. The van der Waals surface area contributed by atoms with Gasteiger partial charge in [-0.3, -0.25) is 0 Å². The van der Waals surface area contributed by atoms with Gasteiger partial charge >= 0.3 is 0 Å². The van der Waals surface area contributed by atoms with Gasteiger partial charge < -0.3 is 16.4 Å². The summed E-state index contributed by atoms with van der Waals surface area (Å²) in [5.41, 5.74) is 13.3. The van der Waals surface area contributed by atoms with E-state index in [0.717, 1.165) is 45.1 Å². The molecule has 0 saturated carbocycles. The van der Waals surface area contributed by atoms with Crippen LogP contribution in [0.4, 0.5) is 0 Å². The Morgan fingerprint density at radius 1 is 1.03 bits per heavy atom. The summed E-state index contributed by atoms with van der Waals surface area (Å²) in [5, 5.41) is 7.38. The molecule has 1 aromatic carbocycles. The lowest BCUT2D eigenvalue weighted by molar-refractivity contribution is 0.409. The van der Waals surface area contributed by atoms with Crippen LogP contribution in [0.5, 0.6) is 0 Å². The molecule has 4 rings (SSSR count). The second kappa shape index (κ2) is 10.1. The van der Waals surface area contributed by atoms with E-state index in [1.54, 1.807) is 0 Å². The quantitative estimate of drug-likeness (QED) is 0.572. The predicted molar refractivity (Wildman–Crippen MR) is 128 cm³/mol. The Kier molecular flexibility index (Phi) is 7.03. The first-order valence-electron chi connectivity index (χ1n) is 11.4. The highest BCUT2D eigenvalue weighted by molar-refractivity contribution is 5.68. The second-order valence-electron chi connectivity index (χ2n) is 8.70. The molecule has 3 unspecified atom stereocenters. The first-order valence-corrected chi connectivity index (χ1v) is 11.4. The number of nitrogens with one attached hydrogen (secondary N) is 2. The van der Waals surface area contributed by atoms with Crippen molar-refractivity contribution in [3.63, 3.8) is 0 Å². The molecule has 3 atom stereocenters. The maximum absolute atomic E-state index is 6.17. The largest absolute Gasteiger partial charge is 0.391 e. The molecule has 0 fully saturated rings. The maximum Gasteiger partial charge on any atom is 0.0368 e. The van der Waals surface area contributed by atoms with Gasteiger partial charge in [-0.2, -0.15) is 0 Å². The van der Waals surface area contributed by atoms with E-state index in [9.17, 15) is 0 Å². The minimum atomic E-state index is 0.322. The summed E-state index contributed by atoms with van der Waals surface area (Å²) in [6.07, 6.45) is 20.3. The molecule has 0 aromatic heterocycles. The first-order chi connectivity index (χ1) is 14.7. The summed E-state index contributed by atoms with van der Waals surface area (Å²) in [6.45, 7) is 0.948. The zero-order chi connectivity index (χ0) is 20.8. The molecule has 0 radical (unpaired) electrons. The predicted octanol–water partition coefficient (Wildman–Crippen LogP) is 4.87. The number of benzene rings is 1. The van der Waals surface area contributed by atoms with Crippen molar-refractivity contribution >= 4 is 5.57 Å². The summed E-state index contributed by atoms with van der Waals surface area (Å²) in [5.74, 6) is 0.459. The zero-order valence-electron chi connectivity index (χ0n) is 18.1. The summed E-state index contributed by atoms with van der Waals surface area (Å²) >= 11 is 0. The van der Waals surface area contributed by atoms with Crippen LogP contribution in [-0.2, 0) is 0 Å². The third-order valence-corrected chi connectivity index (χ3v) is 6.71. The van der Waals surface area contributed by atoms with Gasteiger partial charge in [-0.25, -0.2) is 0 Å². The summed E-state index contributed by atoms with van der Waals surface area (Å²) in [6, 6.07) is 11.4. The van der Waals surface area contributed by atoms with Gasteiger partial charge in [0, 0.05) is 37.3 Å². The Labute approximate surface area is 181 Å². The Morgan fingerprint density at radius 3 is 2.60 bits per heavy atom. The Morgan fingerprint density at radius 2 is 1.90 bits per heavy atom. The smallest absolute Gasteiger partial charge is 0.0368 e. The molecule has 1 aromatic rings. The van der Waals surface area contributed by atoms with Crippen LogP contribution in [0.15, 0.2) is 83.6 Å². The minimum Gasteiger partial charge on any atom is -0.391 e. The molecule has 158 valence electrons. The van der Waals surface area contributed by atoms with Crippen LogP contribution in [0, 0.1) is 5.92 Å². The topological polar surface area (TPSA) is 50.1 Å². The molecule has 0 saturated heterocycles. The van der Waals surface area contributed by atoms with Gasteiger partial charge in [0.1, 0.15) is 0 Å². The normalized spacial score (nSPS) is 25.0. The van der Waals surface area contributed by atoms with E-state index in [-0.39, 0.29) is 0 Å². The van der Waals surface area contributed by atoms with Gasteiger partial charge in [0.2, 0.25) is 0 Å². The summed E-state index contributed by atoms with van der Waals surface area (Å²) in [7, 11) is 2.04. The molecule has 4 N–H and O–H groups in total. The van der Waals surface area contributed by atoms with Crippen LogP contribution in [0.2, 0.25) is 0 Å². The number of rotatable bonds is 7. The van der Waals surface area contributed by atoms with Crippen LogP contribution in [0.1, 0.15) is 44.1 Å². The van der Waals surface area contributed by atoms with Gasteiger partial charge in [0.15, 0.2) is 0 Å². The molecule has 3 aliphatic rings. The molecule has 0 spiro atoms. The Hall–Kier alpha value is -2.36. The van der Waals surface area contributed by atoms with E-state index in [4.69, 9.17) is 5.73 Å². The van der Waals surface area contributed by atoms with Gasteiger partial charge in [0.25, 0.3) is 0 Å². The van der Waals surface area contributed by atoms with E-state index in [0.29, 0.717) is 18.0 Å². The van der Waals surface area contributed by atoms with E-state index >= 15 is 0 Å². The van der Waals surface area contributed by atoms with Crippen LogP contribution >= 0.6 is 0 Å². The highest BCUT2D eigenvalue weighted by Gasteiger charge is 2.29. The fourth-order valence-corrected chi connectivity index (χ4v) is 4.88. The maximum atomic E-state index is 6.17. The second-order valence-corrected chi connectivity index (χ2v) is 8.70. The van der Waals surface area contributed by atoms with Crippen LogP contribution in [-0.4, -0.2) is 25.7 Å². The van der Waals surface area contributed by atoms with Gasteiger partial charge in [-0.1, -0.05) is 71.9 Å². The van der Waals surface area contributed by atoms with E-state index in [1.807, 2.05) is 7.05 Å². The van der Waals surface area contributed by atoms with Crippen molar-refractivity contribution in [1.82, 2.24) is 10.6 Å². The molecule has 30 heavy (non-hydrogen) atoms. The molecule has 3 nitrogen and oxygen atoms in total. The first kappa shape index (κ1) is 20.9. The molecule has 3 aliphatic carbocycles. The van der Waals surface area contributed by atoms with Gasteiger partial charge in [-0.05, 0) is 55.7 Å². The Balaban J connectivity index is 1.47. The average Bonchev–Trinajstić information content (AvgIpc) is 2.81. The van der Waals surface area contributed by atoms with Crippen molar-refractivity contribution in [2.45, 2.75) is 50.6 Å². The lowest BCUT2D eigenvalue weighted by Gasteiger charge is -2.35. The standard InChI is InChI=1S/C27H35N3/c1-29-26-10-6-5-9-25(26)27(23-15-17-24(28)18-16-23)30-19-20-11-13-22(14-12-20)21-7-3-2-4-8-21/h2-8,10-11,13,15,24-25,27,29-30H,9,12,14,16-19,28H2,1H3.